The third-order valence-electron chi connectivity index (χ3n) is 5.09. The monoisotopic (exact) mass is 373 g/mol. The first-order valence-corrected chi connectivity index (χ1v) is 9.14. The standard InChI is InChI=1S/C19H23N3O5/c23-15(20-14-6-4-5-13(11-14)7-8-16(24)25)12-22-17(26)19(21-18(22)27)9-2-1-3-10-19/h4-6,11H,1-3,7-10,12H2,(H,20,23)(H,21,27)(H,24,25). The van der Waals surface area contributed by atoms with Crippen molar-refractivity contribution in [2.24, 2.45) is 0 Å². The molecule has 1 aromatic carbocycles. The number of carbonyl (C=O) groups is 4. The van der Waals surface area contributed by atoms with Crippen LogP contribution in [0.1, 0.15) is 44.1 Å². The molecule has 1 aliphatic carbocycles. The first-order chi connectivity index (χ1) is 12.9. The number of carboxylic acids is 1. The first-order valence-electron chi connectivity index (χ1n) is 9.14. The van der Waals surface area contributed by atoms with Crippen molar-refractivity contribution in [2.75, 3.05) is 11.9 Å². The van der Waals surface area contributed by atoms with Crippen molar-refractivity contribution >= 4 is 29.5 Å². The molecule has 2 fully saturated rings. The lowest BCUT2D eigenvalue weighted by Gasteiger charge is -2.30. The van der Waals surface area contributed by atoms with Crippen molar-refractivity contribution < 1.29 is 24.3 Å². The minimum Gasteiger partial charge on any atom is -0.481 e. The molecule has 8 heteroatoms. The molecule has 1 aliphatic heterocycles. The third-order valence-corrected chi connectivity index (χ3v) is 5.09. The SMILES string of the molecule is O=C(O)CCc1cccc(NC(=O)CN2C(=O)NC3(CCCCC3)C2=O)c1. The van der Waals surface area contributed by atoms with Gasteiger partial charge < -0.3 is 15.7 Å². The number of imide groups is 1. The molecule has 1 saturated heterocycles. The van der Waals surface area contributed by atoms with E-state index in [0.29, 0.717) is 24.9 Å². The number of nitrogens with one attached hydrogen (secondary N) is 2. The molecule has 1 spiro atoms. The Labute approximate surface area is 156 Å². The van der Waals surface area contributed by atoms with E-state index in [1.165, 1.54) is 0 Å². The van der Waals surface area contributed by atoms with E-state index in [2.05, 4.69) is 10.6 Å². The van der Waals surface area contributed by atoms with Crippen molar-refractivity contribution in [1.82, 2.24) is 10.2 Å². The molecule has 8 nitrogen and oxygen atoms in total. The molecule has 1 aromatic rings. The number of hydrogen-bond acceptors (Lipinski definition) is 4. The Kier molecular flexibility index (Phi) is 5.43. The van der Waals surface area contributed by atoms with Gasteiger partial charge in [0.2, 0.25) is 5.91 Å². The number of hydrogen-bond donors (Lipinski definition) is 3. The van der Waals surface area contributed by atoms with Gasteiger partial charge in [0.15, 0.2) is 0 Å². The molecule has 3 rings (SSSR count). The number of nitrogens with zero attached hydrogens (tertiary/aromatic N) is 1. The minimum atomic E-state index is -0.889. The van der Waals surface area contributed by atoms with Gasteiger partial charge in [0, 0.05) is 12.1 Å². The maximum atomic E-state index is 12.7. The zero-order valence-corrected chi connectivity index (χ0v) is 15.0. The fourth-order valence-corrected chi connectivity index (χ4v) is 3.71. The molecule has 0 radical (unpaired) electrons. The van der Waals surface area contributed by atoms with Gasteiger partial charge >= 0.3 is 12.0 Å². The molecule has 3 N–H and O–H groups in total. The highest BCUT2D eigenvalue weighted by Crippen LogP contribution is 2.33. The molecule has 0 atom stereocenters. The molecular formula is C19H23N3O5. The van der Waals surface area contributed by atoms with Crippen molar-refractivity contribution in [3.8, 4) is 0 Å². The predicted molar refractivity (Wildman–Crippen MR) is 97.1 cm³/mol. The number of benzene rings is 1. The number of anilines is 1. The van der Waals surface area contributed by atoms with Gasteiger partial charge in [0.05, 0.1) is 0 Å². The van der Waals surface area contributed by atoms with Gasteiger partial charge in [-0.1, -0.05) is 31.4 Å². The van der Waals surface area contributed by atoms with Crippen LogP contribution in [0.25, 0.3) is 0 Å². The van der Waals surface area contributed by atoms with E-state index in [1.54, 1.807) is 24.3 Å². The highest BCUT2D eigenvalue weighted by Gasteiger charge is 2.51. The number of carboxylic acid groups (broad SMARTS) is 1. The lowest BCUT2D eigenvalue weighted by Crippen LogP contribution is -2.48. The Morgan fingerprint density at radius 3 is 2.63 bits per heavy atom. The normalized spacial score (nSPS) is 18.4. The van der Waals surface area contributed by atoms with Gasteiger partial charge in [-0.25, -0.2) is 4.79 Å². The highest BCUT2D eigenvalue weighted by molar-refractivity contribution is 6.10. The molecule has 0 aromatic heterocycles. The van der Waals surface area contributed by atoms with Crippen LogP contribution in [0.4, 0.5) is 10.5 Å². The van der Waals surface area contributed by atoms with Gasteiger partial charge in [0.1, 0.15) is 12.1 Å². The van der Waals surface area contributed by atoms with Gasteiger partial charge in [-0.2, -0.15) is 0 Å². The summed E-state index contributed by atoms with van der Waals surface area (Å²) in [4.78, 5) is 48.9. The van der Waals surface area contributed by atoms with Crippen LogP contribution < -0.4 is 10.6 Å². The van der Waals surface area contributed by atoms with E-state index < -0.39 is 23.4 Å². The van der Waals surface area contributed by atoms with Crippen LogP contribution in [-0.2, 0) is 20.8 Å². The number of carbonyl (C=O) groups excluding carboxylic acids is 3. The highest BCUT2D eigenvalue weighted by atomic mass is 16.4. The van der Waals surface area contributed by atoms with Crippen LogP contribution in [-0.4, -0.2) is 45.9 Å². The molecule has 1 heterocycles. The van der Waals surface area contributed by atoms with E-state index in [1.807, 2.05) is 0 Å². The third kappa shape index (κ3) is 4.27. The average molecular weight is 373 g/mol. The van der Waals surface area contributed by atoms with E-state index in [0.717, 1.165) is 29.7 Å². The molecule has 0 bridgehead atoms. The summed E-state index contributed by atoms with van der Waals surface area (Å²) in [6.45, 7) is -0.341. The first kappa shape index (κ1) is 18.9. The lowest BCUT2D eigenvalue weighted by atomic mass is 9.82. The van der Waals surface area contributed by atoms with E-state index >= 15 is 0 Å². The maximum absolute atomic E-state index is 12.7. The maximum Gasteiger partial charge on any atom is 0.325 e. The van der Waals surface area contributed by atoms with Gasteiger partial charge in [0.25, 0.3) is 5.91 Å². The predicted octanol–water partition coefficient (Wildman–Crippen LogP) is 1.90. The number of aryl methyl sites for hydroxylation is 1. The smallest absolute Gasteiger partial charge is 0.325 e. The Morgan fingerprint density at radius 2 is 1.93 bits per heavy atom. The van der Waals surface area contributed by atoms with Crippen LogP contribution in [0.2, 0.25) is 0 Å². The minimum absolute atomic E-state index is 0.00192. The van der Waals surface area contributed by atoms with Crippen LogP contribution >= 0.6 is 0 Å². The average Bonchev–Trinajstić information content (AvgIpc) is 2.85. The Morgan fingerprint density at radius 1 is 1.19 bits per heavy atom. The largest absolute Gasteiger partial charge is 0.481 e. The van der Waals surface area contributed by atoms with Crippen LogP contribution in [0.5, 0.6) is 0 Å². The van der Waals surface area contributed by atoms with E-state index in [9.17, 15) is 19.2 Å². The summed E-state index contributed by atoms with van der Waals surface area (Å²) in [6.07, 6.45) is 4.40. The van der Waals surface area contributed by atoms with Crippen molar-refractivity contribution in [1.29, 1.82) is 0 Å². The summed E-state index contributed by atoms with van der Waals surface area (Å²) in [5.74, 6) is -1.68. The number of amides is 4. The zero-order chi connectivity index (χ0) is 19.4. The van der Waals surface area contributed by atoms with Gasteiger partial charge in [-0.15, -0.1) is 0 Å². The number of rotatable bonds is 6. The fourth-order valence-electron chi connectivity index (χ4n) is 3.71. The fraction of sp³-hybridized carbons (Fsp3) is 0.474. The summed E-state index contributed by atoms with van der Waals surface area (Å²) >= 11 is 0. The number of aliphatic carboxylic acids is 1. The van der Waals surface area contributed by atoms with Crippen LogP contribution in [0.15, 0.2) is 24.3 Å². The topological polar surface area (TPSA) is 116 Å². The van der Waals surface area contributed by atoms with Crippen molar-refractivity contribution in [2.45, 2.75) is 50.5 Å². The summed E-state index contributed by atoms with van der Waals surface area (Å²) in [5.41, 5.74) is 0.445. The Hall–Kier alpha value is -2.90. The van der Waals surface area contributed by atoms with Crippen molar-refractivity contribution in [3.63, 3.8) is 0 Å². The van der Waals surface area contributed by atoms with Crippen LogP contribution in [0.3, 0.4) is 0 Å². The molecule has 4 amide bonds. The summed E-state index contributed by atoms with van der Waals surface area (Å²) in [6, 6.07) is 6.35. The van der Waals surface area contributed by atoms with Gasteiger partial charge in [-0.3, -0.25) is 19.3 Å². The summed E-state index contributed by atoms with van der Waals surface area (Å²) in [5, 5.41) is 14.2. The molecular weight excluding hydrogens is 350 g/mol. The van der Waals surface area contributed by atoms with E-state index in [4.69, 9.17) is 5.11 Å². The molecule has 144 valence electrons. The van der Waals surface area contributed by atoms with E-state index in [-0.39, 0.29) is 18.9 Å². The van der Waals surface area contributed by atoms with Gasteiger partial charge in [-0.05, 0) is 37.0 Å². The Balaban J connectivity index is 1.61. The quantitative estimate of drug-likeness (QED) is 0.659. The second-order valence-electron chi connectivity index (χ2n) is 7.11. The number of urea groups is 1. The van der Waals surface area contributed by atoms with Crippen LogP contribution in [0, 0.1) is 0 Å². The molecule has 0 unspecified atom stereocenters. The Bertz CT molecular complexity index is 770. The molecule has 2 aliphatic rings. The second kappa shape index (κ2) is 7.77. The molecule has 27 heavy (non-hydrogen) atoms. The van der Waals surface area contributed by atoms with Crippen molar-refractivity contribution in [3.05, 3.63) is 29.8 Å². The zero-order valence-electron chi connectivity index (χ0n) is 15.0. The second-order valence-corrected chi connectivity index (χ2v) is 7.11. The summed E-state index contributed by atoms with van der Waals surface area (Å²) in [7, 11) is 0. The lowest BCUT2D eigenvalue weighted by molar-refractivity contribution is -0.137. The molecule has 1 saturated carbocycles. The summed E-state index contributed by atoms with van der Waals surface area (Å²) < 4.78 is 0.